The zero-order valence-electron chi connectivity index (χ0n) is 32.8. The number of benzene rings is 2. The molecule has 2 saturated heterocycles. The molecule has 56 heavy (non-hydrogen) atoms. The molecule has 0 bridgehead atoms. The Morgan fingerprint density at radius 2 is 0.464 bits per heavy atom. The molecule has 0 amide bonds. The van der Waals surface area contributed by atoms with E-state index in [1.165, 1.54) is 74.2 Å². The minimum Gasteiger partial charge on any atom is -0.478 e. The van der Waals surface area contributed by atoms with Gasteiger partial charge in [0, 0.05) is 111 Å². The maximum Gasteiger partial charge on any atom is 0.336 e. The van der Waals surface area contributed by atoms with Crippen LogP contribution in [0.4, 0.5) is 0 Å². The first-order chi connectivity index (χ1) is 25.3. The number of hydrogen-bond acceptors (Lipinski definition) is 12. The first kappa shape index (κ1) is 60.5. The molecule has 20 heteroatoms. The summed E-state index contributed by atoms with van der Waals surface area (Å²) in [4.78, 5) is 41.9. The molecule has 2 aliphatic heterocycles. The van der Waals surface area contributed by atoms with Crippen molar-refractivity contribution in [3.63, 3.8) is 0 Å². The molecule has 2 aliphatic rings. The predicted molar refractivity (Wildman–Crippen MR) is 206 cm³/mol. The zero-order chi connectivity index (χ0) is 38.1. The minimum absolute atomic E-state index is 0. The van der Waals surface area contributed by atoms with Crippen LogP contribution >= 0.6 is 0 Å². The van der Waals surface area contributed by atoms with E-state index in [-0.39, 0.29) is 86.2 Å². The zero-order valence-corrected chi connectivity index (χ0v) is 41.7. The molecule has 2 aromatic rings. The van der Waals surface area contributed by atoms with Gasteiger partial charge in [-0.15, -0.1) is 0 Å². The van der Waals surface area contributed by atoms with Gasteiger partial charge in [0.15, 0.2) is 0 Å². The number of hydrogen-bond donors (Lipinski definition) is 12. The maximum atomic E-state index is 10.5. The summed E-state index contributed by atoms with van der Waals surface area (Å²) in [5.74, 6) is -4.91. The predicted octanol–water partition coefficient (Wildman–Crippen LogP) is -0.389. The summed E-state index contributed by atoms with van der Waals surface area (Å²) in [6, 6.07) is 11.0. The van der Waals surface area contributed by atoms with Crippen molar-refractivity contribution in [3.8, 4) is 0 Å². The average Bonchev–Trinajstić information content (AvgIpc) is 3.14. The average molecular weight is 947 g/mol. The van der Waals surface area contributed by atoms with Crippen LogP contribution in [0.1, 0.15) is 67.1 Å². The van der Waals surface area contributed by atoms with E-state index >= 15 is 0 Å². The van der Waals surface area contributed by atoms with Gasteiger partial charge in [0.2, 0.25) is 0 Å². The van der Waals surface area contributed by atoms with Gasteiger partial charge in [0.1, 0.15) is 0 Å². The summed E-state index contributed by atoms with van der Waals surface area (Å²) in [6.07, 6.45) is 4.89. The second-order valence-electron chi connectivity index (χ2n) is 11.7. The fourth-order valence-corrected chi connectivity index (χ4v) is 4.77. The quantitative estimate of drug-likeness (QED) is 0.174. The van der Waals surface area contributed by atoms with E-state index in [4.69, 9.17) is 20.4 Å². The van der Waals surface area contributed by atoms with Crippen molar-refractivity contribution in [2.24, 2.45) is 0 Å². The molecule has 0 saturated carbocycles. The van der Waals surface area contributed by atoms with E-state index < -0.39 is 23.9 Å². The Kier molecular flexibility index (Phi) is 45.9. The third-order valence-corrected chi connectivity index (χ3v) is 7.52. The van der Waals surface area contributed by atoms with Gasteiger partial charge in [-0.1, -0.05) is 24.3 Å². The van der Waals surface area contributed by atoms with Crippen LogP contribution in [-0.4, -0.2) is 154 Å². The summed E-state index contributed by atoms with van der Waals surface area (Å²) in [5.41, 5.74) is -0.759. The molecule has 4 rings (SSSR count). The smallest absolute Gasteiger partial charge is 0.336 e. The molecule has 306 valence electrons. The summed E-state index contributed by atoms with van der Waals surface area (Å²) in [7, 11) is 0. The molecule has 17 nitrogen and oxygen atoms in total. The molecular formula is C36H62N8O9Zn3. The van der Waals surface area contributed by atoms with Crippen LogP contribution in [0.15, 0.2) is 48.5 Å². The molecule has 0 aliphatic carbocycles. The molecule has 0 aromatic heterocycles. The van der Waals surface area contributed by atoms with Gasteiger partial charge in [0.25, 0.3) is 0 Å². The van der Waals surface area contributed by atoms with Crippen molar-refractivity contribution in [3.05, 3.63) is 70.8 Å². The van der Waals surface area contributed by atoms with E-state index in [2.05, 4.69) is 42.5 Å². The summed E-state index contributed by atoms with van der Waals surface area (Å²) < 4.78 is 0. The first-order valence-electron chi connectivity index (χ1n) is 18.0. The maximum absolute atomic E-state index is 10.5. The van der Waals surface area contributed by atoms with Gasteiger partial charge in [-0.3, -0.25) is 0 Å². The Balaban J connectivity index is -0.000000315. The number of aromatic carboxylic acids is 4. The summed E-state index contributed by atoms with van der Waals surface area (Å²) in [5, 5.41) is 61.6. The Labute approximate surface area is 369 Å². The molecule has 0 spiro atoms. The van der Waals surface area contributed by atoms with Crippen molar-refractivity contribution in [1.82, 2.24) is 42.5 Å². The van der Waals surface area contributed by atoms with Crippen molar-refractivity contribution in [2.45, 2.75) is 25.7 Å². The number of carbonyl (C=O) groups is 4. The number of nitrogens with one attached hydrogen (secondary N) is 8. The molecular weight excluding hydrogens is 885 g/mol. The van der Waals surface area contributed by atoms with Crippen LogP contribution in [0.25, 0.3) is 0 Å². The van der Waals surface area contributed by atoms with Crippen LogP contribution < -0.4 is 42.5 Å². The molecule has 0 radical (unpaired) electrons. The molecule has 14 N–H and O–H groups in total. The fraction of sp³-hybridized carbons (Fsp3) is 0.556. The SMILES string of the molecule is C1CNCCNCCCNCCNC1.C1CNCCNCCCNCCNC1.O.O=C(O)c1ccccc1C(=O)O.O=C(O)c1ccccc1C(=O)O.[Zn].[Zn].[Zn]. The third-order valence-electron chi connectivity index (χ3n) is 7.52. The monoisotopic (exact) mass is 942 g/mol. The Hall–Kier alpha value is -2.17. The van der Waals surface area contributed by atoms with Crippen LogP contribution in [0.3, 0.4) is 0 Å². The van der Waals surface area contributed by atoms with E-state index in [0.717, 1.165) is 105 Å². The van der Waals surface area contributed by atoms with E-state index in [1.54, 1.807) is 0 Å². The first-order valence-corrected chi connectivity index (χ1v) is 18.0. The van der Waals surface area contributed by atoms with E-state index in [0.29, 0.717) is 0 Å². The number of rotatable bonds is 4. The molecule has 0 unspecified atom stereocenters. The van der Waals surface area contributed by atoms with Crippen molar-refractivity contribution >= 4 is 23.9 Å². The second kappa shape index (κ2) is 42.4. The summed E-state index contributed by atoms with van der Waals surface area (Å²) >= 11 is 0. The van der Waals surface area contributed by atoms with Crippen LogP contribution in [0.5, 0.6) is 0 Å². The Bertz CT molecular complexity index is 1020. The van der Waals surface area contributed by atoms with Crippen LogP contribution in [0.2, 0.25) is 0 Å². The van der Waals surface area contributed by atoms with Crippen molar-refractivity contribution in [2.75, 3.05) is 105 Å². The third kappa shape index (κ3) is 32.9. The Morgan fingerprint density at radius 3 is 0.589 bits per heavy atom. The van der Waals surface area contributed by atoms with Gasteiger partial charge < -0.3 is 68.4 Å². The normalized spacial score (nSPS) is 16.0. The number of carboxylic acids is 4. The summed E-state index contributed by atoms with van der Waals surface area (Å²) in [6.45, 7) is 17.7. The molecule has 2 aromatic carbocycles. The molecule has 2 heterocycles. The molecule has 2 fully saturated rings. The molecule has 0 atom stereocenters. The fourth-order valence-electron chi connectivity index (χ4n) is 4.77. The van der Waals surface area contributed by atoms with Gasteiger partial charge in [-0.25, -0.2) is 19.2 Å². The minimum atomic E-state index is -1.23. The standard InChI is InChI=1S/2C10H24N4.2C8H6O4.H2O.3Zn/c2*1-3-11-7-9-13-5-2-6-14-10-8-12-4-1;2*9-7(10)5-3-1-2-4-6(5)8(11)12;;;;/h2*11-14H,1-10H2;2*1-4H,(H,9,10)(H,11,12);1H2;;;. The number of carboxylic acid groups (broad SMARTS) is 4. The van der Waals surface area contributed by atoms with Crippen molar-refractivity contribution < 1.29 is 104 Å². The van der Waals surface area contributed by atoms with Crippen LogP contribution in [-0.2, 0) is 58.4 Å². The topological polar surface area (TPSA) is 277 Å². The van der Waals surface area contributed by atoms with Crippen LogP contribution in [0, 0.1) is 0 Å². The van der Waals surface area contributed by atoms with Crippen molar-refractivity contribution in [1.29, 1.82) is 0 Å². The second-order valence-corrected chi connectivity index (χ2v) is 11.7. The van der Waals surface area contributed by atoms with Gasteiger partial charge >= 0.3 is 23.9 Å². The van der Waals surface area contributed by atoms with Gasteiger partial charge in [-0.2, -0.15) is 0 Å². The van der Waals surface area contributed by atoms with E-state index in [9.17, 15) is 19.2 Å². The van der Waals surface area contributed by atoms with Gasteiger partial charge in [-0.05, 0) is 102 Å². The van der Waals surface area contributed by atoms with E-state index in [1.807, 2.05) is 0 Å². The van der Waals surface area contributed by atoms with Gasteiger partial charge in [0.05, 0.1) is 22.3 Å². The largest absolute Gasteiger partial charge is 0.478 e. The Morgan fingerprint density at radius 1 is 0.321 bits per heavy atom.